The Kier molecular flexibility index (Phi) is 3.26. The van der Waals surface area contributed by atoms with Crippen LogP contribution in [0.1, 0.15) is 10.4 Å². The van der Waals surface area contributed by atoms with Gasteiger partial charge in [0.25, 0.3) is 0 Å². The van der Waals surface area contributed by atoms with E-state index in [1.807, 2.05) is 0 Å². The SMILES string of the molecule is O=C(O)c1ccccc1.[B]. The lowest BCUT2D eigenvalue weighted by molar-refractivity contribution is 0.0697. The molecule has 0 saturated heterocycles. The van der Waals surface area contributed by atoms with E-state index in [4.69, 9.17) is 5.11 Å². The summed E-state index contributed by atoms with van der Waals surface area (Å²) < 4.78 is 0. The molecule has 0 bridgehead atoms. The summed E-state index contributed by atoms with van der Waals surface area (Å²) in [5, 5.41) is 8.38. The van der Waals surface area contributed by atoms with Crippen LogP contribution in [0.2, 0.25) is 0 Å². The normalized spacial score (nSPS) is 8.00. The van der Waals surface area contributed by atoms with Gasteiger partial charge in [-0.15, -0.1) is 0 Å². The van der Waals surface area contributed by atoms with Crippen molar-refractivity contribution in [2.75, 3.05) is 0 Å². The van der Waals surface area contributed by atoms with Crippen molar-refractivity contribution in [3.63, 3.8) is 0 Å². The predicted octanol–water partition coefficient (Wildman–Crippen LogP) is 1.00. The molecule has 1 N–H and O–H groups in total. The number of benzene rings is 1. The topological polar surface area (TPSA) is 37.3 Å². The van der Waals surface area contributed by atoms with Crippen LogP contribution >= 0.6 is 0 Å². The second-order valence-electron chi connectivity index (χ2n) is 1.67. The fraction of sp³-hybridized carbons (Fsp3) is 0. The summed E-state index contributed by atoms with van der Waals surface area (Å²) >= 11 is 0. The minimum absolute atomic E-state index is 0. The van der Waals surface area contributed by atoms with E-state index in [0.29, 0.717) is 5.56 Å². The molecule has 0 aromatic heterocycles. The smallest absolute Gasteiger partial charge is 0.335 e. The zero-order valence-corrected chi connectivity index (χ0v) is 5.32. The maximum atomic E-state index is 10.2. The number of hydrogen-bond donors (Lipinski definition) is 1. The Bertz CT molecular complexity index is 208. The van der Waals surface area contributed by atoms with Crippen LogP contribution in [-0.4, -0.2) is 19.5 Å². The first kappa shape index (κ1) is 8.75. The maximum absolute atomic E-state index is 10.2. The molecule has 49 valence electrons. The van der Waals surface area contributed by atoms with Gasteiger partial charge in [0, 0.05) is 8.41 Å². The van der Waals surface area contributed by atoms with Gasteiger partial charge in [-0.1, -0.05) is 18.2 Å². The van der Waals surface area contributed by atoms with Crippen LogP contribution in [0.5, 0.6) is 0 Å². The van der Waals surface area contributed by atoms with E-state index in [0.717, 1.165) is 0 Å². The maximum Gasteiger partial charge on any atom is 0.335 e. The van der Waals surface area contributed by atoms with Crippen molar-refractivity contribution in [2.45, 2.75) is 0 Å². The molecule has 2 nitrogen and oxygen atoms in total. The average Bonchev–Trinajstić information content (AvgIpc) is 1.90. The van der Waals surface area contributed by atoms with Crippen molar-refractivity contribution in [3.8, 4) is 0 Å². The van der Waals surface area contributed by atoms with E-state index >= 15 is 0 Å². The van der Waals surface area contributed by atoms with E-state index in [1.165, 1.54) is 0 Å². The van der Waals surface area contributed by atoms with E-state index < -0.39 is 5.97 Å². The fourth-order valence-corrected chi connectivity index (χ4v) is 0.581. The number of rotatable bonds is 1. The summed E-state index contributed by atoms with van der Waals surface area (Å²) in [5.74, 6) is -0.879. The Morgan fingerprint density at radius 3 is 2.00 bits per heavy atom. The largest absolute Gasteiger partial charge is 0.478 e. The molecule has 0 unspecified atom stereocenters. The molecule has 0 aliphatic carbocycles. The standard InChI is InChI=1S/C7H6O2.B/c8-7(9)6-4-2-1-3-5-6;/h1-5H,(H,8,9);. The number of carboxylic acids is 1. The molecule has 0 aliphatic rings. The van der Waals surface area contributed by atoms with Crippen LogP contribution in [0, 0.1) is 0 Å². The first-order valence-corrected chi connectivity index (χ1v) is 2.59. The molecule has 1 aromatic carbocycles. The monoisotopic (exact) mass is 133 g/mol. The number of hydrogen-bond acceptors (Lipinski definition) is 1. The highest BCUT2D eigenvalue weighted by molar-refractivity contribution is 5.87. The molecular formula is C7H6BO2. The molecule has 1 aromatic rings. The lowest BCUT2D eigenvalue weighted by Crippen LogP contribution is -1.93. The van der Waals surface area contributed by atoms with Crippen molar-refractivity contribution < 1.29 is 9.90 Å². The molecule has 0 aliphatic heterocycles. The Hall–Kier alpha value is -1.25. The van der Waals surface area contributed by atoms with Crippen LogP contribution in [0.15, 0.2) is 30.3 Å². The minimum Gasteiger partial charge on any atom is -0.478 e. The van der Waals surface area contributed by atoms with Gasteiger partial charge in [-0.3, -0.25) is 0 Å². The summed E-state index contributed by atoms with van der Waals surface area (Å²) in [7, 11) is 0. The Labute approximate surface area is 61.1 Å². The third-order valence-corrected chi connectivity index (χ3v) is 1.02. The Balaban J connectivity index is 0.000000810. The average molecular weight is 133 g/mol. The highest BCUT2D eigenvalue weighted by atomic mass is 16.4. The fourth-order valence-electron chi connectivity index (χ4n) is 0.581. The molecule has 0 amide bonds. The summed E-state index contributed by atoms with van der Waals surface area (Å²) in [6, 6.07) is 8.30. The highest BCUT2D eigenvalue weighted by Crippen LogP contribution is 1.96. The lowest BCUT2D eigenvalue weighted by atomic mass is 10.2. The van der Waals surface area contributed by atoms with Gasteiger partial charge in [0.15, 0.2) is 0 Å². The van der Waals surface area contributed by atoms with Crippen molar-refractivity contribution in [3.05, 3.63) is 35.9 Å². The summed E-state index contributed by atoms with van der Waals surface area (Å²) in [6.45, 7) is 0. The number of aromatic carboxylic acids is 1. The van der Waals surface area contributed by atoms with Gasteiger partial charge < -0.3 is 5.11 Å². The van der Waals surface area contributed by atoms with Gasteiger partial charge in [0.05, 0.1) is 5.56 Å². The lowest BCUT2D eigenvalue weighted by Gasteiger charge is -1.88. The van der Waals surface area contributed by atoms with Crippen molar-refractivity contribution >= 4 is 14.4 Å². The Morgan fingerprint density at radius 2 is 1.70 bits per heavy atom. The van der Waals surface area contributed by atoms with Crippen LogP contribution in [-0.2, 0) is 0 Å². The second-order valence-corrected chi connectivity index (χ2v) is 1.67. The number of carbonyl (C=O) groups is 1. The molecule has 1 rings (SSSR count). The van der Waals surface area contributed by atoms with Gasteiger partial charge in [-0.2, -0.15) is 0 Å². The van der Waals surface area contributed by atoms with Crippen LogP contribution in [0.25, 0.3) is 0 Å². The molecule has 3 heteroatoms. The van der Waals surface area contributed by atoms with Gasteiger partial charge >= 0.3 is 5.97 Å². The zero-order chi connectivity index (χ0) is 6.69. The molecule has 10 heavy (non-hydrogen) atoms. The molecule has 0 fully saturated rings. The second kappa shape index (κ2) is 3.72. The van der Waals surface area contributed by atoms with Gasteiger partial charge in [-0.25, -0.2) is 4.79 Å². The van der Waals surface area contributed by atoms with Crippen molar-refractivity contribution in [2.24, 2.45) is 0 Å². The molecule has 0 spiro atoms. The first-order chi connectivity index (χ1) is 4.30. The molecule has 0 heterocycles. The van der Waals surface area contributed by atoms with E-state index in [-0.39, 0.29) is 8.41 Å². The molecule has 0 saturated carbocycles. The molecule has 0 atom stereocenters. The predicted molar refractivity (Wildman–Crippen MR) is 39.2 cm³/mol. The highest BCUT2D eigenvalue weighted by Gasteiger charge is 1.96. The van der Waals surface area contributed by atoms with E-state index in [2.05, 4.69) is 0 Å². The van der Waals surface area contributed by atoms with Crippen LogP contribution in [0.3, 0.4) is 0 Å². The third-order valence-electron chi connectivity index (χ3n) is 1.02. The van der Waals surface area contributed by atoms with Crippen LogP contribution < -0.4 is 0 Å². The van der Waals surface area contributed by atoms with Gasteiger partial charge in [0.1, 0.15) is 0 Å². The van der Waals surface area contributed by atoms with Crippen molar-refractivity contribution in [1.29, 1.82) is 0 Å². The zero-order valence-electron chi connectivity index (χ0n) is 5.32. The molecule has 3 radical (unpaired) electrons. The van der Waals surface area contributed by atoms with Crippen LogP contribution in [0.4, 0.5) is 0 Å². The quantitative estimate of drug-likeness (QED) is 0.580. The van der Waals surface area contributed by atoms with E-state index in [9.17, 15) is 4.79 Å². The first-order valence-electron chi connectivity index (χ1n) is 2.59. The van der Waals surface area contributed by atoms with E-state index in [1.54, 1.807) is 30.3 Å². The summed E-state index contributed by atoms with van der Waals surface area (Å²) in [5.41, 5.74) is 0.331. The van der Waals surface area contributed by atoms with Gasteiger partial charge in [-0.05, 0) is 12.1 Å². The Morgan fingerprint density at radius 1 is 1.20 bits per heavy atom. The summed E-state index contributed by atoms with van der Waals surface area (Å²) in [4.78, 5) is 10.2. The summed E-state index contributed by atoms with van der Waals surface area (Å²) in [6.07, 6.45) is 0. The minimum atomic E-state index is -0.879. The third kappa shape index (κ3) is 1.93. The van der Waals surface area contributed by atoms with Gasteiger partial charge in [0.2, 0.25) is 0 Å². The number of carboxylic acid groups (broad SMARTS) is 1. The van der Waals surface area contributed by atoms with Crippen molar-refractivity contribution in [1.82, 2.24) is 0 Å². The molecular weight excluding hydrogens is 127 g/mol.